The van der Waals surface area contributed by atoms with Crippen molar-refractivity contribution < 1.29 is 8.60 Å². The topological polar surface area (TPSA) is 20.3 Å². The first kappa shape index (κ1) is 12.1. The molecule has 1 aliphatic heterocycles. The Labute approximate surface area is 88.3 Å². The molecule has 1 rings (SSSR count). The Morgan fingerprint density at radius 2 is 2.21 bits per heavy atom. The van der Waals surface area contributed by atoms with Gasteiger partial charge in [-0.1, -0.05) is 0 Å². The van der Waals surface area contributed by atoms with Crippen molar-refractivity contribution >= 4 is 10.8 Å². The van der Waals surface area contributed by atoms with E-state index in [1.54, 1.807) is 6.92 Å². The number of hydrogen-bond donors (Lipinski definition) is 0. The van der Waals surface area contributed by atoms with Crippen molar-refractivity contribution in [1.82, 2.24) is 4.90 Å². The van der Waals surface area contributed by atoms with Crippen LogP contribution in [0.3, 0.4) is 0 Å². The molecular formula is C10H20FNOS. The molecule has 0 spiro atoms. The van der Waals surface area contributed by atoms with E-state index >= 15 is 0 Å². The van der Waals surface area contributed by atoms with Gasteiger partial charge in [0.05, 0.1) is 6.17 Å². The van der Waals surface area contributed by atoms with Gasteiger partial charge in [-0.25, -0.2) is 4.39 Å². The summed E-state index contributed by atoms with van der Waals surface area (Å²) < 4.78 is 24.1. The molecule has 1 fully saturated rings. The lowest BCUT2D eigenvalue weighted by Crippen LogP contribution is -2.54. The molecule has 4 heteroatoms. The molecule has 0 aromatic heterocycles. The third-order valence-corrected chi connectivity index (χ3v) is 4.42. The van der Waals surface area contributed by atoms with Crippen molar-refractivity contribution in [3.05, 3.63) is 0 Å². The Kier molecular flexibility index (Phi) is 4.07. The largest absolute Gasteiger partial charge is 0.296 e. The fourth-order valence-corrected chi connectivity index (χ4v) is 3.36. The lowest BCUT2D eigenvalue weighted by atomic mass is 10.0. The number of nitrogens with zero attached hydrogens (tertiary/aromatic N) is 1. The van der Waals surface area contributed by atoms with Gasteiger partial charge in [0.15, 0.2) is 0 Å². The third kappa shape index (κ3) is 3.31. The number of halogens is 1. The zero-order valence-corrected chi connectivity index (χ0v) is 10.1. The summed E-state index contributed by atoms with van der Waals surface area (Å²) >= 11 is 0. The Bertz CT molecular complexity index is 218. The van der Waals surface area contributed by atoms with Gasteiger partial charge in [-0.3, -0.25) is 9.11 Å². The molecule has 2 atom stereocenters. The molecule has 0 bridgehead atoms. The van der Waals surface area contributed by atoms with E-state index in [1.165, 1.54) is 0 Å². The standard InChI is InChI=1S/C10H20FNOS/c1-9(11)4-5-12-6-7-14(13)8-10(12,2)3/h9H,4-8H2,1-3H3. The Morgan fingerprint density at radius 1 is 1.57 bits per heavy atom. The van der Waals surface area contributed by atoms with Gasteiger partial charge in [-0.15, -0.1) is 0 Å². The van der Waals surface area contributed by atoms with E-state index in [0.29, 0.717) is 12.2 Å². The Hall–Kier alpha value is 0.0400. The summed E-state index contributed by atoms with van der Waals surface area (Å²) in [4.78, 5) is 2.25. The molecule has 0 radical (unpaired) electrons. The van der Waals surface area contributed by atoms with E-state index in [4.69, 9.17) is 0 Å². The predicted octanol–water partition coefficient (Wildman–Crippen LogP) is 1.58. The van der Waals surface area contributed by atoms with Crippen LogP contribution < -0.4 is 0 Å². The summed E-state index contributed by atoms with van der Waals surface area (Å²) in [6, 6.07) is 0. The maximum atomic E-state index is 12.7. The highest BCUT2D eigenvalue weighted by Crippen LogP contribution is 2.21. The lowest BCUT2D eigenvalue weighted by Gasteiger charge is -2.42. The van der Waals surface area contributed by atoms with Crippen molar-refractivity contribution in [3.8, 4) is 0 Å². The van der Waals surface area contributed by atoms with Crippen molar-refractivity contribution in [1.29, 1.82) is 0 Å². The molecule has 0 aromatic carbocycles. The van der Waals surface area contributed by atoms with Crippen molar-refractivity contribution in [3.63, 3.8) is 0 Å². The van der Waals surface area contributed by atoms with Crippen LogP contribution in [-0.4, -0.2) is 45.4 Å². The SMILES string of the molecule is CC(F)CCN1CCS(=O)CC1(C)C. The van der Waals surface area contributed by atoms with Gasteiger partial charge in [0.1, 0.15) is 0 Å². The minimum absolute atomic E-state index is 0.0298. The molecule has 2 unspecified atom stereocenters. The van der Waals surface area contributed by atoms with E-state index in [-0.39, 0.29) is 5.54 Å². The quantitative estimate of drug-likeness (QED) is 0.721. The van der Waals surface area contributed by atoms with Crippen molar-refractivity contribution in [2.45, 2.75) is 38.9 Å². The van der Waals surface area contributed by atoms with Crippen molar-refractivity contribution in [2.75, 3.05) is 24.6 Å². The first-order valence-corrected chi connectivity index (χ1v) is 6.65. The van der Waals surface area contributed by atoms with E-state index in [1.807, 2.05) is 0 Å². The van der Waals surface area contributed by atoms with E-state index in [0.717, 1.165) is 18.8 Å². The summed E-state index contributed by atoms with van der Waals surface area (Å²) in [5, 5.41) is 0. The molecular weight excluding hydrogens is 201 g/mol. The first-order valence-electron chi connectivity index (χ1n) is 5.16. The van der Waals surface area contributed by atoms with Crippen LogP contribution in [0.25, 0.3) is 0 Å². The molecule has 0 amide bonds. The summed E-state index contributed by atoms with van der Waals surface area (Å²) in [6.07, 6.45) is -0.158. The van der Waals surface area contributed by atoms with E-state index in [2.05, 4.69) is 18.7 Å². The molecule has 0 saturated carbocycles. The Balaban J connectivity index is 2.47. The molecule has 1 aliphatic rings. The van der Waals surface area contributed by atoms with Gasteiger partial charge in [0, 0.05) is 40.9 Å². The third-order valence-electron chi connectivity index (χ3n) is 2.76. The smallest absolute Gasteiger partial charge is 0.0985 e. The minimum Gasteiger partial charge on any atom is -0.296 e. The van der Waals surface area contributed by atoms with Gasteiger partial charge in [0.2, 0.25) is 0 Å². The van der Waals surface area contributed by atoms with Crippen LogP contribution in [-0.2, 0) is 10.8 Å². The first-order chi connectivity index (χ1) is 6.42. The van der Waals surface area contributed by atoms with Crippen LogP contribution in [0, 0.1) is 0 Å². The molecule has 14 heavy (non-hydrogen) atoms. The van der Waals surface area contributed by atoms with Crippen LogP contribution in [0.1, 0.15) is 27.2 Å². The molecule has 1 heterocycles. The second kappa shape index (κ2) is 4.71. The molecule has 0 N–H and O–H groups in total. The number of hydrogen-bond acceptors (Lipinski definition) is 2. The Morgan fingerprint density at radius 3 is 2.71 bits per heavy atom. The highest BCUT2D eigenvalue weighted by Gasteiger charge is 2.32. The summed E-state index contributed by atoms with van der Waals surface area (Å²) in [5.74, 6) is 1.46. The maximum Gasteiger partial charge on any atom is 0.0985 e. The van der Waals surface area contributed by atoms with Crippen LogP contribution in [0.2, 0.25) is 0 Å². The molecule has 1 saturated heterocycles. The highest BCUT2D eigenvalue weighted by atomic mass is 32.2. The molecule has 84 valence electrons. The zero-order valence-electron chi connectivity index (χ0n) is 9.25. The normalized spacial score (nSPS) is 30.1. The fraction of sp³-hybridized carbons (Fsp3) is 1.00. The summed E-state index contributed by atoms with van der Waals surface area (Å²) in [7, 11) is -0.680. The zero-order chi connectivity index (χ0) is 10.8. The highest BCUT2D eigenvalue weighted by molar-refractivity contribution is 7.85. The van der Waals surface area contributed by atoms with Gasteiger partial charge in [-0.2, -0.15) is 0 Å². The van der Waals surface area contributed by atoms with Crippen LogP contribution in [0.5, 0.6) is 0 Å². The fourth-order valence-electron chi connectivity index (χ4n) is 1.82. The second-order valence-corrected chi connectivity index (χ2v) is 6.23. The lowest BCUT2D eigenvalue weighted by molar-refractivity contribution is 0.128. The number of alkyl halides is 1. The predicted molar refractivity (Wildman–Crippen MR) is 58.7 cm³/mol. The molecule has 2 nitrogen and oxygen atoms in total. The maximum absolute atomic E-state index is 12.7. The number of rotatable bonds is 3. The van der Waals surface area contributed by atoms with Gasteiger partial charge in [0.25, 0.3) is 0 Å². The van der Waals surface area contributed by atoms with E-state index in [9.17, 15) is 8.60 Å². The van der Waals surface area contributed by atoms with Crippen molar-refractivity contribution in [2.24, 2.45) is 0 Å². The average Bonchev–Trinajstić information content (AvgIpc) is 2.00. The molecule has 0 aromatic rings. The summed E-state index contributed by atoms with van der Waals surface area (Å²) in [6.45, 7) is 7.39. The monoisotopic (exact) mass is 221 g/mol. The van der Waals surface area contributed by atoms with E-state index < -0.39 is 17.0 Å². The van der Waals surface area contributed by atoms with Gasteiger partial charge in [-0.05, 0) is 27.2 Å². The van der Waals surface area contributed by atoms with Crippen LogP contribution >= 0.6 is 0 Å². The minimum atomic E-state index is -0.738. The summed E-state index contributed by atoms with van der Waals surface area (Å²) in [5.41, 5.74) is -0.0298. The molecule has 0 aliphatic carbocycles. The van der Waals surface area contributed by atoms with Gasteiger partial charge < -0.3 is 0 Å². The second-order valence-electron chi connectivity index (χ2n) is 4.66. The van der Waals surface area contributed by atoms with Crippen LogP contribution in [0.15, 0.2) is 0 Å². The van der Waals surface area contributed by atoms with Crippen LogP contribution in [0.4, 0.5) is 4.39 Å². The average molecular weight is 221 g/mol. The van der Waals surface area contributed by atoms with Gasteiger partial charge >= 0.3 is 0 Å².